The highest BCUT2D eigenvalue weighted by atomic mass is 19.1. The summed E-state index contributed by atoms with van der Waals surface area (Å²) in [5.41, 5.74) is 0.245. The molecule has 2 aliphatic rings. The maximum Gasteiger partial charge on any atom is 0.321 e. The van der Waals surface area contributed by atoms with Gasteiger partial charge in [-0.25, -0.2) is 9.18 Å². The van der Waals surface area contributed by atoms with E-state index in [0.717, 1.165) is 19.4 Å². The molecule has 5 heteroatoms. The van der Waals surface area contributed by atoms with E-state index in [1.165, 1.54) is 12.5 Å². The van der Waals surface area contributed by atoms with E-state index in [-0.39, 0.29) is 11.7 Å². The third kappa shape index (κ3) is 2.71. The third-order valence-electron chi connectivity index (χ3n) is 3.93. The Labute approximate surface area is 112 Å². The zero-order chi connectivity index (χ0) is 13.2. The molecule has 2 saturated heterocycles. The first-order valence-corrected chi connectivity index (χ1v) is 6.79. The van der Waals surface area contributed by atoms with E-state index in [1.807, 2.05) is 0 Å². The van der Waals surface area contributed by atoms with E-state index >= 15 is 0 Å². The number of anilines is 1. The molecule has 2 aliphatic heterocycles. The van der Waals surface area contributed by atoms with Crippen molar-refractivity contribution in [3.05, 3.63) is 30.1 Å². The maximum absolute atomic E-state index is 13.5. The molecular weight excluding hydrogens is 245 g/mol. The van der Waals surface area contributed by atoms with Crippen molar-refractivity contribution in [2.24, 2.45) is 0 Å². The van der Waals surface area contributed by atoms with Crippen LogP contribution in [0.2, 0.25) is 0 Å². The monoisotopic (exact) mass is 263 g/mol. The number of para-hydroxylation sites is 1. The van der Waals surface area contributed by atoms with E-state index in [9.17, 15) is 9.18 Å². The minimum Gasteiger partial charge on any atom is -0.323 e. The number of hydrogen-bond donors (Lipinski definition) is 2. The Kier molecular flexibility index (Phi) is 3.38. The van der Waals surface area contributed by atoms with Crippen molar-refractivity contribution >= 4 is 11.7 Å². The zero-order valence-corrected chi connectivity index (χ0v) is 10.7. The van der Waals surface area contributed by atoms with Crippen LogP contribution >= 0.6 is 0 Å². The molecule has 2 unspecified atom stereocenters. The van der Waals surface area contributed by atoms with Crippen LogP contribution in [0.1, 0.15) is 19.3 Å². The number of likely N-dealkylation sites (tertiary alicyclic amines) is 1. The van der Waals surface area contributed by atoms with Gasteiger partial charge in [0.15, 0.2) is 0 Å². The lowest BCUT2D eigenvalue weighted by Gasteiger charge is -2.24. The van der Waals surface area contributed by atoms with Crippen molar-refractivity contribution in [1.82, 2.24) is 10.2 Å². The van der Waals surface area contributed by atoms with E-state index < -0.39 is 5.82 Å². The number of fused-ring (bicyclic) bond motifs is 2. The Balaban J connectivity index is 1.66. The molecule has 1 aromatic rings. The Hall–Kier alpha value is -1.62. The van der Waals surface area contributed by atoms with Gasteiger partial charge in [-0.1, -0.05) is 12.1 Å². The lowest BCUT2D eigenvalue weighted by Crippen LogP contribution is -2.41. The van der Waals surface area contributed by atoms with Gasteiger partial charge >= 0.3 is 6.03 Å². The summed E-state index contributed by atoms with van der Waals surface area (Å²) in [6, 6.07) is 6.97. The molecule has 0 saturated carbocycles. The van der Waals surface area contributed by atoms with Crippen LogP contribution in [0.5, 0.6) is 0 Å². The van der Waals surface area contributed by atoms with Gasteiger partial charge in [-0.2, -0.15) is 0 Å². The molecule has 1 aromatic carbocycles. The van der Waals surface area contributed by atoms with Crippen molar-refractivity contribution in [2.45, 2.75) is 31.3 Å². The SMILES string of the molecule is O=C(Nc1ccccc1F)N1CCC2CCC(C1)N2. The standard InChI is InChI=1S/C14H18FN3O/c15-12-3-1-2-4-13(12)17-14(19)18-8-7-10-5-6-11(9-18)16-10/h1-4,10-11,16H,5-9H2,(H,17,19). The summed E-state index contributed by atoms with van der Waals surface area (Å²) >= 11 is 0. The number of rotatable bonds is 1. The maximum atomic E-state index is 13.5. The lowest BCUT2D eigenvalue weighted by atomic mass is 10.1. The molecule has 2 atom stereocenters. The van der Waals surface area contributed by atoms with Crippen molar-refractivity contribution in [2.75, 3.05) is 18.4 Å². The fraction of sp³-hybridized carbons (Fsp3) is 0.500. The van der Waals surface area contributed by atoms with Crippen LogP contribution in [-0.4, -0.2) is 36.1 Å². The van der Waals surface area contributed by atoms with E-state index in [1.54, 1.807) is 23.1 Å². The Morgan fingerprint density at radius 1 is 1.26 bits per heavy atom. The predicted octanol–water partition coefficient (Wildman–Crippen LogP) is 2.18. The van der Waals surface area contributed by atoms with Crippen molar-refractivity contribution < 1.29 is 9.18 Å². The molecule has 0 radical (unpaired) electrons. The number of amides is 2. The quantitative estimate of drug-likeness (QED) is 0.815. The second kappa shape index (κ2) is 5.17. The molecule has 2 fully saturated rings. The molecule has 2 amide bonds. The molecule has 0 spiro atoms. The van der Waals surface area contributed by atoms with Crippen LogP contribution in [0, 0.1) is 5.82 Å². The van der Waals surface area contributed by atoms with Gasteiger partial charge in [-0.05, 0) is 31.4 Å². The summed E-state index contributed by atoms with van der Waals surface area (Å²) in [5.74, 6) is -0.398. The Morgan fingerprint density at radius 2 is 2.05 bits per heavy atom. The highest BCUT2D eigenvalue weighted by molar-refractivity contribution is 5.89. The average Bonchev–Trinajstić information content (AvgIpc) is 2.71. The number of carbonyl (C=O) groups is 1. The molecule has 0 aromatic heterocycles. The molecule has 4 nitrogen and oxygen atoms in total. The molecule has 2 bridgehead atoms. The second-order valence-corrected chi connectivity index (χ2v) is 5.28. The van der Waals surface area contributed by atoms with Gasteiger partial charge in [0.05, 0.1) is 5.69 Å². The normalized spacial score (nSPS) is 26.1. The number of hydrogen-bond acceptors (Lipinski definition) is 2. The number of benzene rings is 1. The minimum absolute atomic E-state index is 0.209. The smallest absolute Gasteiger partial charge is 0.321 e. The fourth-order valence-corrected chi connectivity index (χ4v) is 2.88. The minimum atomic E-state index is -0.398. The van der Waals surface area contributed by atoms with Gasteiger partial charge in [0.25, 0.3) is 0 Å². The highest BCUT2D eigenvalue weighted by Gasteiger charge is 2.31. The molecular formula is C14H18FN3O. The Morgan fingerprint density at radius 3 is 2.89 bits per heavy atom. The molecule has 3 rings (SSSR count). The second-order valence-electron chi connectivity index (χ2n) is 5.28. The van der Waals surface area contributed by atoms with Crippen LogP contribution in [0.3, 0.4) is 0 Å². The number of halogens is 1. The number of nitrogens with one attached hydrogen (secondary N) is 2. The third-order valence-corrected chi connectivity index (χ3v) is 3.93. The van der Waals surface area contributed by atoms with Crippen LogP contribution < -0.4 is 10.6 Å². The topological polar surface area (TPSA) is 44.4 Å². The highest BCUT2D eigenvalue weighted by Crippen LogP contribution is 2.21. The van der Waals surface area contributed by atoms with E-state index in [2.05, 4.69) is 10.6 Å². The van der Waals surface area contributed by atoms with Crippen molar-refractivity contribution in [3.8, 4) is 0 Å². The van der Waals surface area contributed by atoms with Crippen LogP contribution in [0.4, 0.5) is 14.9 Å². The van der Waals surface area contributed by atoms with Crippen LogP contribution in [0.15, 0.2) is 24.3 Å². The molecule has 19 heavy (non-hydrogen) atoms. The van der Waals surface area contributed by atoms with Crippen molar-refractivity contribution in [3.63, 3.8) is 0 Å². The van der Waals surface area contributed by atoms with E-state index in [0.29, 0.717) is 18.6 Å². The molecule has 102 valence electrons. The first kappa shape index (κ1) is 12.4. The number of urea groups is 1. The van der Waals surface area contributed by atoms with E-state index in [4.69, 9.17) is 0 Å². The summed E-state index contributed by atoms with van der Waals surface area (Å²) in [5, 5.41) is 6.17. The van der Waals surface area contributed by atoms with Gasteiger partial charge in [0, 0.05) is 25.2 Å². The number of nitrogens with zero attached hydrogens (tertiary/aromatic N) is 1. The largest absolute Gasteiger partial charge is 0.323 e. The molecule has 2 N–H and O–H groups in total. The number of carbonyl (C=O) groups excluding carboxylic acids is 1. The van der Waals surface area contributed by atoms with Crippen molar-refractivity contribution in [1.29, 1.82) is 0 Å². The summed E-state index contributed by atoms with van der Waals surface area (Å²) in [7, 11) is 0. The van der Waals surface area contributed by atoms with Crippen LogP contribution in [-0.2, 0) is 0 Å². The van der Waals surface area contributed by atoms with Gasteiger partial charge in [0.2, 0.25) is 0 Å². The summed E-state index contributed by atoms with van der Waals surface area (Å²) in [4.78, 5) is 14.0. The predicted molar refractivity (Wildman–Crippen MR) is 71.6 cm³/mol. The zero-order valence-electron chi connectivity index (χ0n) is 10.7. The van der Waals surface area contributed by atoms with Gasteiger partial charge in [-0.15, -0.1) is 0 Å². The summed E-state index contributed by atoms with van der Waals surface area (Å²) < 4.78 is 13.5. The first-order chi connectivity index (χ1) is 9.22. The summed E-state index contributed by atoms with van der Waals surface area (Å²) in [6.45, 7) is 1.44. The first-order valence-electron chi connectivity index (χ1n) is 6.79. The fourth-order valence-electron chi connectivity index (χ4n) is 2.88. The van der Waals surface area contributed by atoms with Gasteiger partial charge < -0.3 is 15.5 Å². The molecule has 0 aliphatic carbocycles. The van der Waals surface area contributed by atoms with Crippen LogP contribution in [0.25, 0.3) is 0 Å². The van der Waals surface area contributed by atoms with Gasteiger partial charge in [-0.3, -0.25) is 0 Å². The van der Waals surface area contributed by atoms with Gasteiger partial charge in [0.1, 0.15) is 5.82 Å². The Bertz CT molecular complexity index is 480. The summed E-state index contributed by atoms with van der Waals surface area (Å²) in [6.07, 6.45) is 3.29. The average molecular weight is 263 g/mol. The molecule has 2 heterocycles. The lowest BCUT2D eigenvalue weighted by molar-refractivity contribution is 0.208.